The fourth-order valence-electron chi connectivity index (χ4n) is 9.48. The number of esters is 1. The Balaban J connectivity index is 1.27. The first kappa shape index (κ1) is 57.2. The van der Waals surface area contributed by atoms with Crippen LogP contribution in [0.15, 0.2) is 65.5 Å². The topological polar surface area (TPSA) is 245 Å². The van der Waals surface area contributed by atoms with Crippen molar-refractivity contribution in [3.63, 3.8) is 0 Å². The summed E-state index contributed by atoms with van der Waals surface area (Å²) < 4.78 is 55.3. The number of rotatable bonds is 13. The molecule has 4 aliphatic rings. The van der Waals surface area contributed by atoms with Crippen molar-refractivity contribution in [1.29, 1.82) is 0 Å². The highest BCUT2D eigenvalue weighted by atomic mass is 32.1. The van der Waals surface area contributed by atoms with Gasteiger partial charge in [0.2, 0.25) is 0 Å². The van der Waals surface area contributed by atoms with Crippen LogP contribution in [0.25, 0.3) is 0 Å². The molecule has 4 aliphatic heterocycles. The summed E-state index contributed by atoms with van der Waals surface area (Å²) in [4.78, 5) is 53.9. The SMILES string of the molecule is CO[C@@H]1[C@H](O)[C@@H](C)O[C@@H](OC[C@H]2/C=C(C)/C=C/C(=O)[C@H](C)CC3CCOC/C(=N\OCc4ccc(C(=O)Nc5ccccn5)s4)CO[C@H](CC(=O)OC2)[C@H](C)[C@H]3O[C@@H]2O[C@H](C)[C@@H](O)[C@H](N(C)C)[C@H]2O)[C@@H]1OC. The van der Waals surface area contributed by atoms with Gasteiger partial charge in [-0.3, -0.25) is 14.4 Å². The maximum absolute atomic E-state index is 14.2. The van der Waals surface area contributed by atoms with Gasteiger partial charge in [0.1, 0.15) is 35.9 Å². The quantitative estimate of drug-likeness (QED) is 0.164. The molecule has 1 unspecified atom stereocenters. The average molecular weight is 1030 g/mol. The Hall–Kier alpha value is -4.07. The van der Waals surface area contributed by atoms with Crippen LogP contribution in [-0.4, -0.2) is 183 Å². The Kier molecular flexibility index (Phi) is 21.8. The van der Waals surface area contributed by atoms with Crippen molar-refractivity contribution >= 4 is 40.5 Å². The van der Waals surface area contributed by atoms with Gasteiger partial charge in [0.25, 0.3) is 5.91 Å². The van der Waals surface area contributed by atoms with E-state index in [1.807, 2.05) is 26.8 Å². The van der Waals surface area contributed by atoms with Crippen LogP contribution in [0.1, 0.15) is 68.4 Å². The molecule has 2 aromatic heterocycles. The molecule has 0 aromatic carbocycles. The summed E-state index contributed by atoms with van der Waals surface area (Å²) in [5.74, 6) is -2.61. The third kappa shape index (κ3) is 15.5. The van der Waals surface area contributed by atoms with Gasteiger partial charge in [-0.05, 0) is 84.0 Å². The van der Waals surface area contributed by atoms with Crippen LogP contribution in [0.5, 0.6) is 0 Å². The number of nitrogens with one attached hydrogen (secondary N) is 1. The number of thiophene rings is 1. The Morgan fingerprint density at radius 2 is 1.68 bits per heavy atom. The van der Waals surface area contributed by atoms with Gasteiger partial charge in [-0.1, -0.05) is 42.8 Å². The summed E-state index contributed by atoms with van der Waals surface area (Å²) >= 11 is 1.25. The van der Waals surface area contributed by atoms with E-state index in [4.69, 9.17) is 47.5 Å². The predicted octanol–water partition coefficient (Wildman–Crippen LogP) is 3.92. The van der Waals surface area contributed by atoms with Crippen LogP contribution in [0, 0.1) is 23.7 Å². The van der Waals surface area contributed by atoms with Crippen molar-refractivity contribution < 1.29 is 77.2 Å². The molecule has 21 heteroatoms. The van der Waals surface area contributed by atoms with Gasteiger partial charge in [-0.15, -0.1) is 11.3 Å². The van der Waals surface area contributed by atoms with Gasteiger partial charge >= 0.3 is 5.97 Å². The fourth-order valence-corrected chi connectivity index (χ4v) is 10.3. The van der Waals surface area contributed by atoms with Crippen LogP contribution >= 0.6 is 11.3 Å². The highest BCUT2D eigenvalue weighted by Gasteiger charge is 2.48. The number of ketones is 1. The standard InChI is InChI=1S/C51H74N4O16S/c1-28-13-15-37(56)29(2)21-34-17-19-64-25-35(54-68-27-36-14-16-39(72-36)49(61)53-40-12-10-11-18-52-40)26-65-38(30(3)46(34)71-50-45(60)42(55(6)7)43(58)31(4)69-50)22-41(57)66-23-33(20-28)24-67-51-48(63-9)47(62-8)44(59)32(5)70-51/h10-16,18,20,29-34,38,42-48,50-51,58-60H,17,19,21-27H2,1-9H3,(H,52,53,61)/b15-13+,28-20+,54-35+/t29-,30+,31-,32-,33+,34?,38-,42+,43-,44-,45-,46-,47-,48-,50+,51-/m1/s1. The van der Waals surface area contributed by atoms with Crippen molar-refractivity contribution in [2.24, 2.45) is 28.8 Å². The number of ether oxygens (including phenoxy) is 9. The average Bonchev–Trinajstić information content (AvgIpc) is 3.83. The number of cyclic esters (lactones) is 1. The van der Waals surface area contributed by atoms with Gasteiger partial charge in [0.15, 0.2) is 25.0 Å². The Morgan fingerprint density at radius 3 is 2.40 bits per heavy atom. The summed E-state index contributed by atoms with van der Waals surface area (Å²) in [6, 6.07) is 7.99. The predicted molar refractivity (Wildman–Crippen MR) is 264 cm³/mol. The lowest BCUT2D eigenvalue weighted by Gasteiger charge is -2.47. The number of nitrogens with zero attached hydrogens (tertiary/aromatic N) is 3. The van der Waals surface area contributed by atoms with Crippen LogP contribution in [-0.2, 0) is 63.7 Å². The van der Waals surface area contributed by atoms with Gasteiger partial charge < -0.3 is 73.0 Å². The van der Waals surface area contributed by atoms with E-state index in [1.54, 1.807) is 75.4 Å². The van der Waals surface area contributed by atoms with Crippen molar-refractivity contribution in [3.8, 4) is 0 Å². The number of aromatic nitrogens is 1. The number of oxime groups is 1. The molecule has 0 saturated carbocycles. The number of anilines is 1. The van der Waals surface area contributed by atoms with Crippen molar-refractivity contribution in [1.82, 2.24) is 9.88 Å². The van der Waals surface area contributed by atoms with Crippen molar-refractivity contribution in [2.75, 3.05) is 66.7 Å². The second kappa shape index (κ2) is 27.5. The molecular weight excluding hydrogens is 957 g/mol. The normalized spacial score (nSPS) is 36.5. The lowest BCUT2D eigenvalue weighted by Crippen LogP contribution is -2.63. The molecule has 0 aliphatic carbocycles. The molecule has 20 nitrogen and oxygen atoms in total. The molecule has 0 radical (unpaired) electrons. The molecule has 2 bridgehead atoms. The number of carbonyl (C=O) groups excluding carboxylic acids is 3. The highest BCUT2D eigenvalue weighted by Crippen LogP contribution is 2.36. The van der Waals surface area contributed by atoms with Gasteiger partial charge in [0, 0.05) is 49.7 Å². The van der Waals surface area contributed by atoms with Crippen LogP contribution in [0.2, 0.25) is 0 Å². The summed E-state index contributed by atoms with van der Waals surface area (Å²) in [6.45, 7) is 9.05. The van der Waals surface area contributed by atoms with Crippen molar-refractivity contribution in [3.05, 3.63) is 70.1 Å². The van der Waals surface area contributed by atoms with Crippen molar-refractivity contribution in [2.45, 2.75) is 134 Å². The number of hydrogen-bond donors (Lipinski definition) is 4. The molecule has 1 amide bonds. The second-order valence-corrected chi connectivity index (χ2v) is 20.5. The molecule has 2 aromatic rings. The Labute approximate surface area is 425 Å². The Bertz CT molecular complexity index is 2140. The maximum Gasteiger partial charge on any atom is 0.308 e. The molecule has 400 valence electrons. The Morgan fingerprint density at radius 1 is 0.931 bits per heavy atom. The number of hydrogen-bond acceptors (Lipinski definition) is 20. The van der Waals surface area contributed by atoms with E-state index in [-0.39, 0.29) is 57.8 Å². The summed E-state index contributed by atoms with van der Waals surface area (Å²) in [5.41, 5.74) is 1.11. The third-order valence-corrected chi connectivity index (χ3v) is 14.6. The molecule has 16 atom stereocenters. The summed E-state index contributed by atoms with van der Waals surface area (Å²) in [6.07, 6.45) is -2.67. The van der Waals surface area contributed by atoms with E-state index in [9.17, 15) is 29.7 Å². The number of fused-ring (bicyclic) bond motifs is 3. The van der Waals surface area contributed by atoms with Crippen LogP contribution < -0.4 is 5.32 Å². The number of likely N-dealkylation sites (N-methyl/N-ethyl adjacent to an activating group) is 1. The number of aliphatic hydroxyl groups is 3. The van der Waals surface area contributed by atoms with Crippen LogP contribution in [0.4, 0.5) is 5.82 Å². The molecule has 3 fully saturated rings. The monoisotopic (exact) mass is 1030 g/mol. The lowest BCUT2D eigenvalue weighted by molar-refractivity contribution is -0.305. The van der Waals surface area contributed by atoms with E-state index >= 15 is 0 Å². The molecule has 3 saturated heterocycles. The number of pyridine rings is 1. The first-order valence-corrected chi connectivity index (χ1v) is 25.4. The molecule has 4 N–H and O–H groups in total. The maximum atomic E-state index is 14.2. The number of methoxy groups -OCH3 is 2. The van der Waals surface area contributed by atoms with E-state index in [1.165, 1.54) is 31.6 Å². The smallest absolute Gasteiger partial charge is 0.308 e. The molecule has 6 heterocycles. The zero-order valence-corrected chi connectivity index (χ0v) is 43.5. The fraction of sp³-hybridized carbons (Fsp3) is 0.667. The van der Waals surface area contributed by atoms with Gasteiger partial charge in [-0.2, -0.15) is 0 Å². The van der Waals surface area contributed by atoms with Gasteiger partial charge in [0.05, 0.1) is 74.3 Å². The number of aliphatic hydroxyl groups excluding tert-OH is 3. The van der Waals surface area contributed by atoms with E-state index < -0.39 is 103 Å². The van der Waals surface area contributed by atoms with E-state index in [0.29, 0.717) is 29.2 Å². The van der Waals surface area contributed by atoms with E-state index in [2.05, 4.69) is 15.5 Å². The molecule has 6 rings (SSSR count). The minimum atomic E-state index is -1.27. The number of amides is 1. The second-order valence-electron chi connectivity index (χ2n) is 19.3. The largest absolute Gasteiger partial charge is 0.465 e. The highest BCUT2D eigenvalue weighted by molar-refractivity contribution is 7.14. The number of allylic oxidation sites excluding steroid dienone is 3. The minimum Gasteiger partial charge on any atom is -0.465 e. The zero-order chi connectivity index (χ0) is 52.1. The lowest BCUT2D eigenvalue weighted by atomic mass is 9.79. The first-order chi connectivity index (χ1) is 34.5. The number of carbonyl (C=O) groups is 3. The summed E-state index contributed by atoms with van der Waals surface area (Å²) in [5, 5.41) is 40.7. The van der Waals surface area contributed by atoms with Gasteiger partial charge in [-0.25, -0.2) is 4.98 Å². The van der Waals surface area contributed by atoms with E-state index in [0.717, 1.165) is 10.5 Å². The summed E-state index contributed by atoms with van der Waals surface area (Å²) in [7, 11) is 6.46. The molecule has 0 spiro atoms. The minimum absolute atomic E-state index is 0.0102. The molecule has 72 heavy (non-hydrogen) atoms. The third-order valence-electron chi connectivity index (χ3n) is 13.6. The first-order valence-electron chi connectivity index (χ1n) is 24.6. The van der Waals surface area contributed by atoms with Crippen LogP contribution in [0.3, 0.4) is 0 Å². The molecular formula is C51H74N4O16S. The zero-order valence-electron chi connectivity index (χ0n) is 42.7.